The van der Waals surface area contributed by atoms with Gasteiger partial charge in [0.15, 0.2) is 11.6 Å². The minimum Gasteiger partial charge on any atom is -0.354 e. The van der Waals surface area contributed by atoms with Crippen LogP contribution in [0.25, 0.3) is 10.8 Å². The number of nitrogens with two attached hydrogens (primary N) is 1. The van der Waals surface area contributed by atoms with Crippen molar-refractivity contribution in [2.75, 3.05) is 20.1 Å². The predicted octanol–water partition coefficient (Wildman–Crippen LogP) is 7.09. The van der Waals surface area contributed by atoms with E-state index in [2.05, 4.69) is 78.9 Å². The zero-order chi connectivity index (χ0) is 38.2. The molecule has 3 aromatic carbocycles. The van der Waals surface area contributed by atoms with E-state index in [9.17, 15) is 23.2 Å². The van der Waals surface area contributed by atoms with Crippen molar-refractivity contribution < 1.29 is 23.2 Å². The van der Waals surface area contributed by atoms with Crippen LogP contribution >= 0.6 is 0 Å². The number of fused-ring (bicyclic) bond motifs is 1. The lowest BCUT2D eigenvalue weighted by Gasteiger charge is -2.16. The molecule has 0 aliphatic rings. The highest BCUT2D eigenvalue weighted by Gasteiger charge is 2.18. The van der Waals surface area contributed by atoms with E-state index in [0.717, 1.165) is 30.7 Å². The minimum absolute atomic E-state index is 0.0340. The average molecular weight is 704 g/mol. The fourth-order valence-corrected chi connectivity index (χ4v) is 4.27. The molecule has 3 amide bonds. The van der Waals surface area contributed by atoms with Crippen LogP contribution in [-0.2, 0) is 27.2 Å². The third kappa shape index (κ3) is 19.1. The quantitative estimate of drug-likeness (QED) is 0.108. The number of rotatable bonds is 12. The monoisotopic (exact) mass is 703 g/mol. The molecule has 10 heteroatoms. The van der Waals surface area contributed by atoms with E-state index in [0.29, 0.717) is 24.9 Å². The number of aromatic nitrogens is 1. The second-order valence-electron chi connectivity index (χ2n) is 12.7. The van der Waals surface area contributed by atoms with E-state index in [1.54, 1.807) is 30.4 Å². The highest BCUT2D eigenvalue weighted by atomic mass is 19.2. The lowest BCUT2D eigenvalue weighted by molar-refractivity contribution is -0.125. The lowest BCUT2D eigenvalue weighted by atomic mass is 10.0. The van der Waals surface area contributed by atoms with Crippen LogP contribution in [0.5, 0.6) is 0 Å². The summed E-state index contributed by atoms with van der Waals surface area (Å²) in [4.78, 5) is 39.7. The fraction of sp³-hybridized carbons (Fsp3) is 0.366. The molecule has 1 unspecified atom stereocenters. The summed E-state index contributed by atoms with van der Waals surface area (Å²) in [6.07, 6.45) is 9.80. The molecule has 0 saturated carbocycles. The molecule has 1 aromatic heterocycles. The largest absolute Gasteiger partial charge is 0.354 e. The highest BCUT2D eigenvalue weighted by molar-refractivity contribution is 5.87. The molecule has 1 atom stereocenters. The summed E-state index contributed by atoms with van der Waals surface area (Å²) in [5.41, 5.74) is 8.28. The standard InChI is InChI=1S/C17H17F2N3O2.C11H10.C10H20N2O.C3H8/c18-14-2-1-13(9-15(14)19)10-16(22-11-23)17(24)21-8-5-12-3-6-20-7-4-12;1-9-6-7-10-4-2-3-5-11(10)8-9;1-5-12(4)9(13)7-6-8-10(2,3)11;1-3-2/h1-4,6-7,9,11,16H,5,8,10H2,(H,21,24)(H,22,23);2-8H,1H3;6-7H,5,8,11H2,1-4H3;3H2,1-2H3/b;;7-6+;. The Balaban J connectivity index is 0.000000404. The number of hydrogen-bond donors (Lipinski definition) is 3. The summed E-state index contributed by atoms with van der Waals surface area (Å²) in [7, 11) is 1.78. The van der Waals surface area contributed by atoms with Gasteiger partial charge in [0, 0.05) is 44.5 Å². The van der Waals surface area contributed by atoms with Gasteiger partial charge in [-0.25, -0.2) is 8.78 Å². The second kappa shape index (κ2) is 24.2. The molecule has 276 valence electrons. The molecular formula is C41H55F2N5O3. The number of benzene rings is 3. The van der Waals surface area contributed by atoms with Crippen molar-refractivity contribution in [1.29, 1.82) is 0 Å². The number of carbonyl (C=O) groups excluding carboxylic acids is 3. The third-order valence-corrected chi connectivity index (χ3v) is 7.13. The van der Waals surface area contributed by atoms with Crippen molar-refractivity contribution in [2.45, 2.75) is 78.8 Å². The molecule has 51 heavy (non-hydrogen) atoms. The maximum Gasteiger partial charge on any atom is 0.245 e. The Morgan fingerprint density at radius 2 is 1.57 bits per heavy atom. The first-order valence-corrected chi connectivity index (χ1v) is 17.2. The van der Waals surface area contributed by atoms with Crippen molar-refractivity contribution in [3.63, 3.8) is 0 Å². The number of nitrogens with one attached hydrogen (secondary N) is 2. The van der Waals surface area contributed by atoms with Crippen LogP contribution in [0.2, 0.25) is 0 Å². The van der Waals surface area contributed by atoms with Crippen LogP contribution in [0.4, 0.5) is 8.78 Å². The van der Waals surface area contributed by atoms with Gasteiger partial charge < -0.3 is 21.3 Å². The third-order valence-electron chi connectivity index (χ3n) is 7.13. The Morgan fingerprint density at radius 3 is 2.16 bits per heavy atom. The fourth-order valence-electron chi connectivity index (χ4n) is 4.27. The first-order valence-electron chi connectivity index (χ1n) is 17.2. The number of halogens is 2. The van der Waals surface area contributed by atoms with Gasteiger partial charge in [-0.3, -0.25) is 19.4 Å². The van der Waals surface area contributed by atoms with E-state index in [-0.39, 0.29) is 23.8 Å². The predicted molar refractivity (Wildman–Crippen MR) is 204 cm³/mol. The summed E-state index contributed by atoms with van der Waals surface area (Å²) in [5.74, 6) is -2.30. The molecule has 0 bridgehead atoms. The van der Waals surface area contributed by atoms with Crippen molar-refractivity contribution in [3.8, 4) is 0 Å². The number of amides is 3. The van der Waals surface area contributed by atoms with Gasteiger partial charge in [-0.2, -0.15) is 0 Å². The zero-order valence-electron chi connectivity index (χ0n) is 31.1. The first-order chi connectivity index (χ1) is 24.2. The molecule has 0 aliphatic heterocycles. The molecule has 0 saturated heterocycles. The Morgan fingerprint density at radius 1 is 0.922 bits per heavy atom. The molecular weight excluding hydrogens is 648 g/mol. The number of pyridine rings is 1. The molecule has 4 N–H and O–H groups in total. The van der Waals surface area contributed by atoms with Gasteiger partial charge in [0.2, 0.25) is 18.2 Å². The van der Waals surface area contributed by atoms with Gasteiger partial charge in [-0.1, -0.05) is 80.4 Å². The summed E-state index contributed by atoms with van der Waals surface area (Å²) in [5, 5.41) is 7.75. The van der Waals surface area contributed by atoms with Gasteiger partial charge in [0.1, 0.15) is 6.04 Å². The number of aryl methyl sites for hydroxylation is 1. The SMILES string of the molecule is CCC.CCN(C)C(=O)/C=C/CC(C)(C)N.Cc1ccc2ccccc2c1.O=CNC(Cc1ccc(F)c(F)c1)C(=O)NCCc1ccncc1. The minimum atomic E-state index is -0.990. The summed E-state index contributed by atoms with van der Waals surface area (Å²) < 4.78 is 26.2. The Bertz CT molecular complexity index is 1640. The number of likely N-dealkylation sites (N-methyl/N-ethyl adjacent to an activating group) is 1. The summed E-state index contributed by atoms with van der Waals surface area (Å²) in [6.45, 7) is 13.3. The molecule has 0 fully saturated rings. The van der Waals surface area contributed by atoms with Crippen LogP contribution in [-0.4, -0.2) is 59.8 Å². The van der Waals surface area contributed by atoms with E-state index < -0.39 is 17.7 Å². The topological polar surface area (TPSA) is 117 Å². The van der Waals surface area contributed by atoms with Crippen LogP contribution in [0, 0.1) is 18.6 Å². The Kier molecular flexibility index (Phi) is 20.9. The molecule has 1 heterocycles. The Hall–Kier alpha value is -4.96. The number of hydrogen-bond acceptors (Lipinski definition) is 5. The van der Waals surface area contributed by atoms with E-state index in [1.165, 1.54) is 28.8 Å². The molecule has 0 radical (unpaired) electrons. The van der Waals surface area contributed by atoms with Gasteiger partial charge in [-0.05, 0) is 92.8 Å². The van der Waals surface area contributed by atoms with Crippen molar-refractivity contribution in [3.05, 3.63) is 126 Å². The molecule has 4 rings (SSSR count). The molecule has 0 aliphatic carbocycles. The first kappa shape index (κ1) is 44.1. The Labute approximate surface area is 302 Å². The molecule has 8 nitrogen and oxygen atoms in total. The van der Waals surface area contributed by atoms with Gasteiger partial charge in [-0.15, -0.1) is 0 Å². The smallest absolute Gasteiger partial charge is 0.245 e. The maximum atomic E-state index is 13.2. The van der Waals surface area contributed by atoms with E-state index in [1.807, 2.05) is 39.0 Å². The van der Waals surface area contributed by atoms with Crippen molar-refractivity contribution >= 4 is 29.0 Å². The van der Waals surface area contributed by atoms with Gasteiger partial charge >= 0.3 is 0 Å². The maximum absolute atomic E-state index is 13.2. The lowest BCUT2D eigenvalue weighted by Crippen LogP contribution is -2.45. The van der Waals surface area contributed by atoms with E-state index in [4.69, 9.17) is 5.73 Å². The van der Waals surface area contributed by atoms with Gasteiger partial charge in [0.25, 0.3) is 0 Å². The molecule has 4 aromatic rings. The van der Waals surface area contributed by atoms with Crippen LogP contribution in [0.3, 0.4) is 0 Å². The zero-order valence-corrected chi connectivity index (χ0v) is 31.1. The normalized spacial score (nSPS) is 11.1. The van der Waals surface area contributed by atoms with Crippen molar-refractivity contribution in [2.24, 2.45) is 5.73 Å². The molecule has 0 spiro atoms. The highest BCUT2D eigenvalue weighted by Crippen LogP contribution is 2.14. The second-order valence-corrected chi connectivity index (χ2v) is 12.7. The van der Waals surface area contributed by atoms with Crippen LogP contribution in [0.15, 0.2) is 97.3 Å². The van der Waals surface area contributed by atoms with Crippen molar-refractivity contribution in [1.82, 2.24) is 20.5 Å². The number of carbonyl (C=O) groups is 3. The average Bonchev–Trinajstić information content (AvgIpc) is 3.10. The van der Waals surface area contributed by atoms with Crippen LogP contribution < -0.4 is 16.4 Å². The van der Waals surface area contributed by atoms with Gasteiger partial charge in [0.05, 0.1) is 0 Å². The number of nitrogens with zero attached hydrogens (tertiary/aromatic N) is 2. The van der Waals surface area contributed by atoms with E-state index >= 15 is 0 Å². The summed E-state index contributed by atoms with van der Waals surface area (Å²) in [6, 6.07) is 21.1. The van der Waals surface area contributed by atoms with Crippen LogP contribution in [0.1, 0.15) is 64.2 Å². The summed E-state index contributed by atoms with van der Waals surface area (Å²) >= 11 is 0.